The first-order chi connectivity index (χ1) is 13.1. The molecule has 0 aliphatic carbocycles. The molecule has 0 bridgehead atoms. The van der Waals surface area contributed by atoms with Gasteiger partial charge in [0.1, 0.15) is 5.75 Å². The number of nitrogens with one attached hydrogen (secondary N) is 1. The molecule has 1 unspecified atom stereocenters. The standard InChI is InChI=1S/C22H21N2O3/c1-5-15-12-17(6-2)21(27-7-3)19(13-15)20(22(25)26-4)24-18-10-8-16(14-23)9-11-18/h2,8-13,20,24H,3,5,7H2,1,4H3. The van der Waals surface area contributed by atoms with Gasteiger partial charge >= 0.3 is 5.97 Å². The fourth-order valence-electron chi connectivity index (χ4n) is 2.69. The van der Waals surface area contributed by atoms with Crippen LogP contribution in [-0.2, 0) is 16.0 Å². The minimum absolute atomic E-state index is 0.165. The van der Waals surface area contributed by atoms with Gasteiger partial charge in [0.15, 0.2) is 6.04 Å². The summed E-state index contributed by atoms with van der Waals surface area (Å²) in [6, 6.07) is 11.8. The number of ether oxygens (including phenoxy) is 2. The summed E-state index contributed by atoms with van der Waals surface area (Å²) in [5, 5.41) is 12.1. The fraction of sp³-hybridized carbons (Fsp3) is 0.227. The van der Waals surface area contributed by atoms with Gasteiger partial charge in [0.2, 0.25) is 0 Å². The average molecular weight is 361 g/mol. The van der Waals surface area contributed by atoms with Crippen LogP contribution in [0.1, 0.15) is 35.2 Å². The number of aryl methyl sites for hydroxylation is 1. The minimum Gasteiger partial charge on any atom is -0.492 e. The lowest BCUT2D eigenvalue weighted by Gasteiger charge is -2.22. The van der Waals surface area contributed by atoms with Crippen molar-refractivity contribution in [2.24, 2.45) is 0 Å². The molecule has 0 saturated heterocycles. The number of carbonyl (C=O) groups is 1. The zero-order valence-corrected chi connectivity index (χ0v) is 15.4. The predicted octanol–water partition coefficient (Wildman–Crippen LogP) is 3.64. The van der Waals surface area contributed by atoms with Crippen LogP contribution in [0.3, 0.4) is 0 Å². The van der Waals surface area contributed by atoms with E-state index in [1.807, 2.05) is 19.1 Å². The molecule has 1 N–H and O–H groups in total. The van der Waals surface area contributed by atoms with Crippen LogP contribution in [0, 0.1) is 30.6 Å². The first-order valence-corrected chi connectivity index (χ1v) is 8.47. The van der Waals surface area contributed by atoms with Crippen molar-refractivity contribution in [3.8, 4) is 24.2 Å². The van der Waals surface area contributed by atoms with Crippen molar-refractivity contribution in [1.29, 1.82) is 5.26 Å². The van der Waals surface area contributed by atoms with E-state index in [0.717, 1.165) is 12.0 Å². The van der Waals surface area contributed by atoms with Crippen LogP contribution in [0.2, 0.25) is 0 Å². The first kappa shape index (κ1) is 19.9. The topological polar surface area (TPSA) is 71.4 Å². The quantitative estimate of drug-likeness (QED) is 0.602. The molecule has 2 aromatic rings. The van der Waals surface area contributed by atoms with Gasteiger partial charge in [0.25, 0.3) is 0 Å². The Hall–Kier alpha value is -3.44. The average Bonchev–Trinajstić information content (AvgIpc) is 2.72. The fourth-order valence-corrected chi connectivity index (χ4v) is 2.69. The summed E-state index contributed by atoms with van der Waals surface area (Å²) in [5.41, 5.74) is 3.31. The minimum atomic E-state index is -0.830. The van der Waals surface area contributed by atoms with Crippen LogP contribution in [-0.4, -0.2) is 19.7 Å². The molecule has 0 amide bonds. The Kier molecular flexibility index (Phi) is 6.86. The van der Waals surface area contributed by atoms with Crippen molar-refractivity contribution < 1.29 is 14.3 Å². The number of esters is 1. The Bertz CT molecular complexity index is 889. The van der Waals surface area contributed by atoms with Gasteiger partial charge in [-0.3, -0.25) is 0 Å². The molecule has 0 aliphatic rings. The highest BCUT2D eigenvalue weighted by Gasteiger charge is 2.27. The van der Waals surface area contributed by atoms with Crippen LogP contribution >= 0.6 is 0 Å². The van der Waals surface area contributed by atoms with E-state index < -0.39 is 12.0 Å². The second-order valence-corrected chi connectivity index (χ2v) is 5.70. The molecular weight excluding hydrogens is 340 g/mol. The Morgan fingerprint density at radius 3 is 2.56 bits per heavy atom. The van der Waals surface area contributed by atoms with Crippen LogP contribution in [0.5, 0.6) is 5.75 Å². The van der Waals surface area contributed by atoms with Crippen molar-refractivity contribution in [2.45, 2.75) is 19.4 Å². The molecule has 5 nitrogen and oxygen atoms in total. The molecule has 0 fully saturated rings. The van der Waals surface area contributed by atoms with Gasteiger partial charge in [-0.25, -0.2) is 4.79 Å². The SMILES string of the molecule is C#Cc1cc(CC)cc(C(Nc2ccc(C#N)cc2)C(=O)OC)c1OC[CH2]. The van der Waals surface area contributed by atoms with E-state index in [2.05, 4.69) is 24.2 Å². The first-order valence-electron chi connectivity index (χ1n) is 8.47. The lowest BCUT2D eigenvalue weighted by Crippen LogP contribution is -2.23. The largest absolute Gasteiger partial charge is 0.492 e. The summed E-state index contributed by atoms with van der Waals surface area (Å²) >= 11 is 0. The maximum Gasteiger partial charge on any atom is 0.333 e. The lowest BCUT2D eigenvalue weighted by atomic mass is 9.97. The summed E-state index contributed by atoms with van der Waals surface area (Å²) in [5.74, 6) is 2.57. The summed E-state index contributed by atoms with van der Waals surface area (Å²) in [6.07, 6.45) is 6.40. The van der Waals surface area contributed by atoms with E-state index >= 15 is 0 Å². The molecule has 1 radical (unpaired) electrons. The number of methoxy groups -OCH3 is 1. The molecule has 2 rings (SSSR count). The predicted molar refractivity (Wildman–Crippen MR) is 104 cm³/mol. The number of benzene rings is 2. The molecule has 0 saturated carbocycles. The lowest BCUT2D eigenvalue weighted by molar-refractivity contribution is -0.141. The third-order valence-electron chi connectivity index (χ3n) is 4.06. The van der Waals surface area contributed by atoms with Crippen molar-refractivity contribution in [3.05, 3.63) is 65.6 Å². The number of nitrogens with zero attached hydrogens (tertiary/aromatic N) is 1. The van der Waals surface area contributed by atoms with Crippen LogP contribution in [0.4, 0.5) is 5.69 Å². The normalized spacial score (nSPS) is 11.0. The zero-order valence-electron chi connectivity index (χ0n) is 15.4. The van der Waals surface area contributed by atoms with E-state index in [0.29, 0.717) is 28.1 Å². The monoisotopic (exact) mass is 361 g/mol. The van der Waals surface area contributed by atoms with Crippen molar-refractivity contribution in [1.82, 2.24) is 0 Å². The van der Waals surface area contributed by atoms with Gasteiger partial charge in [-0.15, -0.1) is 6.42 Å². The molecule has 1 atom stereocenters. The molecule has 2 aromatic carbocycles. The Morgan fingerprint density at radius 2 is 2.04 bits per heavy atom. The molecule has 0 heterocycles. The Labute approximate surface area is 159 Å². The van der Waals surface area contributed by atoms with Crippen molar-refractivity contribution in [3.63, 3.8) is 0 Å². The number of terminal acetylenes is 1. The van der Waals surface area contributed by atoms with Crippen LogP contribution < -0.4 is 10.1 Å². The maximum absolute atomic E-state index is 12.5. The second-order valence-electron chi connectivity index (χ2n) is 5.70. The van der Waals surface area contributed by atoms with E-state index in [4.69, 9.17) is 21.2 Å². The summed E-state index contributed by atoms with van der Waals surface area (Å²) in [4.78, 5) is 12.5. The summed E-state index contributed by atoms with van der Waals surface area (Å²) < 4.78 is 10.7. The van der Waals surface area contributed by atoms with Gasteiger partial charge in [-0.2, -0.15) is 5.26 Å². The van der Waals surface area contributed by atoms with E-state index in [1.165, 1.54) is 7.11 Å². The molecular formula is C22H21N2O3. The van der Waals surface area contributed by atoms with Crippen molar-refractivity contribution in [2.75, 3.05) is 19.0 Å². The molecule has 5 heteroatoms. The molecule has 0 spiro atoms. The molecule has 27 heavy (non-hydrogen) atoms. The number of nitriles is 1. The number of hydrogen-bond donors (Lipinski definition) is 1. The number of anilines is 1. The van der Waals surface area contributed by atoms with Gasteiger partial charge in [-0.1, -0.05) is 12.8 Å². The number of carbonyl (C=O) groups excluding carboxylic acids is 1. The highest BCUT2D eigenvalue weighted by atomic mass is 16.5. The van der Waals surface area contributed by atoms with Crippen LogP contribution in [0.25, 0.3) is 0 Å². The third-order valence-corrected chi connectivity index (χ3v) is 4.06. The smallest absolute Gasteiger partial charge is 0.333 e. The van der Waals surface area contributed by atoms with Gasteiger partial charge in [0.05, 0.1) is 30.9 Å². The van der Waals surface area contributed by atoms with E-state index in [-0.39, 0.29) is 6.61 Å². The summed E-state index contributed by atoms with van der Waals surface area (Å²) in [7, 11) is 1.32. The Balaban J connectivity index is 2.56. The molecule has 137 valence electrons. The Morgan fingerprint density at radius 1 is 1.33 bits per heavy atom. The van der Waals surface area contributed by atoms with Gasteiger partial charge < -0.3 is 14.8 Å². The van der Waals surface area contributed by atoms with Crippen molar-refractivity contribution >= 4 is 11.7 Å². The number of rotatable bonds is 7. The zero-order chi connectivity index (χ0) is 19.8. The summed E-state index contributed by atoms with van der Waals surface area (Å²) in [6.45, 7) is 5.88. The highest BCUT2D eigenvalue weighted by molar-refractivity contribution is 5.82. The van der Waals surface area contributed by atoms with E-state index in [1.54, 1.807) is 24.3 Å². The van der Waals surface area contributed by atoms with Gasteiger partial charge in [-0.05, 0) is 55.3 Å². The second kappa shape index (κ2) is 9.31. The van der Waals surface area contributed by atoms with Crippen LogP contribution in [0.15, 0.2) is 36.4 Å². The van der Waals surface area contributed by atoms with E-state index in [9.17, 15) is 4.79 Å². The highest BCUT2D eigenvalue weighted by Crippen LogP contribution is 2.34. The molecule has 0 aromatic heterocycles. The number of hydrogen-bond acceptors (Lipinski definition) is 5. The molecule has 0 aliphatic heterocycles. The van der Waals surface area contributed by atoms with Gasteiger partial charge in [0, 0.05) is 11.3 Å². The maximum atomic E-state index is 12.5. The third kappa shape index (κ3) is 4.59.